The van der Waals surface area contributed by atoms with Gasteiger partial charge in [-0.25, -0.2) is 4.98 Å². The van der Waals surface area contributed by atoms with Crippen molar-refractivity contribution in [3.8, 4) is 0 Å². The Kier molecular flexibility index (Phi) is 7.24. The number of hydrogen-bond donors (Lipinski definition) is 2. The van der Waals surface area contributed by atoms with Crippen LogP contribution in [-0.2, 0) is 4.79 Å². The fourth-order valence-corrected chi connectivity index (χ4v) is 5.51. The monoisotopic (exact) mass is 525 g/mol. The van der Waals surface area contributed by atoms with Crippen LogP contribution in [0.25, 0.3) is 10.2 Å². The van der Waals surface area contributed by atoms with Gasteiger partial charge in [0, 0.05) is 10.2 Å². The minimum Gasteiger partial charge on any atom is -0.349 e. The standard InChI is InChI=1S/C24H20BrN3O2S2/c1-15(16-7-3-2-4-8-16)26-22(29)14-31-24-28-20-12-11-17(13-21(20)32-24)27-23(30)18-9-5-6-10-19(18)25/h2-13,15H,14H2,1H3,(H,26,29)(H,27,30). The molecule has 5 nitrogen and oxygen atoms in total. The van der Waals surface area contributed by atoms with Crippen molar-refractivity contribution < 1.29 is 9.59 Å². The van der Waals surface area contributed by atoms with Gasteiger partial charge in [-0.05, 0) is 58.7 Å². The van der Waals surface area contributed by atoms with Crippen molar-refractivity contribution in [3.05, 3.63) is 88.4 Å². The van der Waals surface area contributed by atoms with E-state index in [4.69, 9.17) is 0 Å². The number of anilines is 1. The van der Waals surface area contributed by atoms with Crippen LogP contribution in [0.5, 0.6) is 0 Å². The first-order chi connectivity index (χ1) is 15.5. The van der Waals surface area contributed by atoms with Gasteiger partial charge < -0.3 is 10.6 Å². The minimum absolute atomic E-state index is 0.0352. The number of rotatable bonds is 7. The summed E-state index contributed by atoms with van der Waals surface area (Å²) in [6.07, 6.45) is 0. The van der Waals surface area contributed by atoms with Crippen LogP contribution in [0.2, 0.25) is 0 Å². The van der Waals surface area contributed by atoms with Gasteiger partial charge in [-0.2, -0.15) is 0 Å². The predicted molar refractivity (Wildman–Crippen MR) is 135 cm³/mol. The average molecular weight is 526 g/mol. The summed E-state index contributed by atoms with van der Waals surface area (Å²) in [5, 5.41) is 5.94. The van der Waals surface area contributed by atoms with Gasteiger partial charge >= 0.3 is 0 Å². The Morgan fingerprint density at radius 3 is 2.59 bits per heavy atom. The van der Waals surface area contributed by atoms with Crippen molar-refractivity contribution in [2.24, 2.45) is 0 Å². The molecule has 0 aliphatic carbocycles. The zero-order chi connectivity index (χ0) is 22.5. The molecule has 0 saturated heterocycles. The highest BCUT2D eigenvalue weighted by Crippen LogP contribution is 2.31. The molecule has 4 rings (SSSR count). The van der Waals surface area contributed by atoms with Gasteiger partial charge in [0.2, 0.25) is 5.91 Å². The van der Waals surface area contributed by atoms with E-state index in [-0.39, 0.29) is 17.9 Å². The number of nitrogens with zero attached hydrogens (tertiary/aromatic N) is 1. The molecule has 1 unspecified atom stereocenters. The number of nitrogens with one attached hydrogen (secondary N) is 2. The molecule has 0 spiro atoms. The van der Waals surface area contributed by atoms with E-state index >= 15 is 0 Å². The molecule has 4 aromatic rings. The van der Waals surface area contributed by atoms with Crippen LogP contribution in [0.4, 0.5) is 5.69 Å². The molecule has 0 radical (unpaired) electrons. The fourth-order valence-electron chi connectivity index (χ4n) is 3.12. The third-order valence-electron chi connectivity index (χ3n) is 4.75. The summed E-state index contributed by atoms with van der Waals surface area (Å²) < 4.78 is 2.52. The summed E-state index contributed by atoms with van der Waals surface area (Å²) in [6, 6.07) is 22.7. The molecular formula is C24H20BrN3O2S2. The summed E-state index contributed by atoms with van der Waals surface area (Å²) in [7, 11) is 0. The number of thiazole rings is 1. The molecule has 0 fully saturated rings. The molecule has 32 heavy (non-hydrogen) atoms. The summed E-state index contributed by atoms with van der Waals surface area (Å²) >= 11 is 6.32. The predicted octanol–water partition coefficient (Wildman–Crippen LogP) is 6.28. The van der Waals surface area contributed by atoms with Gasteiger partial charge in [-0.3, -0.25) is 9.59 Å². The normalized spacial score (nSPS) is 11.8. The number of carbonyl (C=O) groups is 2. The van der Waals surface area contributed by atoms with Crippen LogP contribution in [0.3, 0.4) is 0 Å². The Balaban J connectivity index is 1.37. The maximum atomic E-state index is 12.5. The second kappa shape index (κ2) is 10.3. The van der Waals surface area contributed by atoms with Crippen molar-refractivity contribution in [1.82, 2.24) is 10.3 Å². The molecule has 0 aliphatic rings. The summed E-state index contributed by atoms with van der Waals surface area (Å²) in [5.41, 5.74) is 3.19. The van der Waals surface area contributed by atoms with Crippen molar-refractivity contribution in [2.75, 3.05) is 11.1 Å². The number of amides is 2. The highest BCUT2D eigenvalue weighted by molar-refractivity contribution is 9.10. The zero-order valence-corrected chi connectivity index (χ0v) is 20.4. The first-order valence-corrected chi connectivity index (χ1v) is 12.5. The second-order valence-corrected chi connectivity index (χ2v) is 10.2. The number of benzene rings is 3. The van der Waals surface area contributed by atoms with Crippen LogP contribution in [0.1, 0.15) is 28.9 Å². The molecule has 162 valence electrons. The van der Waals surface area contributed by atoms with E-state index in [1.54, 1.807) is 6.07 Å². The van der Waals surface area contributed by atoms with E-state index in [9.17, 15) is 9.59 Å². The van der Waals surface area contributed by atoms with Gasteiger partial charge in [-0.1, -0.05) is 54.2 Å². The lowest BCUT2D eigenvalue weighted by atomic mass is 10.1. The van der Waals surface area contributed by atoms with Gasteiger partial charge in [-0.15, -0.1) is 11.3 Å². The third kappa shape index (κ3) is 5.56. The van der Waals surface area contributed by atoms with Gasteiger partial charge in [0.1, 0.15) is 0 Å². The zero-order valence-electron chi connectivity index (χ0n) is 17.2. The molecule has 1 aromatic heterocycles. The molecule has 1 heterocycles. The molecule has 2 N–H and O–H groups in total. The number of hydrogen-bond acceptors (Lipinski definition) is 5. The lowest BCUT2D eigenvalue weighted by Gasteiger charge is -2.13. The van der Waals surface area contributed by atoms with Crippen LogP contribution in [0.15, 0.2) is 81.6 Å². The minimum atomic E-state index is -0.180. The molecular weight excluding hydrogens is 506 g/mol. The van der Waals surface area contributed by atoms with Gasteiger partial charge in [0.05, 0.1) is 27.6 Å². The van der Waals surface area contributed by atoms with Crippen molar-refractivity contribution in [2.45, 2.75) is 17.3 Å². The summed E-state index contributed by atoms with van der Waals surface area (Å²) in [4.78, 5) is 29.5. The Morgan fingerprint density at radius 2 is 1.81 bits per heavy atom. The van der Waals surface area contributed by atoms with Crippen LogP contribution >= 0.6 is 39.0 Å². The second-order valence-electron chi connectivity index (χ2n) is 7.08. The summed E-state index contributed by atoms with van der Waals surface area (Å²) in [6.45, 7) is 1.97. The molecule has 0 aliphatic heterocycles. The van der Waals surface area contributed by atoms with Crippen molar-refractivity contribution >= 4 is 66.7 Å². The quantitative estimate of drug-likeness (QED) is 0.278. The molecule has 8 heteroatoms. The van der Waals surface area contributed by atoms with E-state index in [0.717, 1.165) is 24.6 Å². The van der Waals surface area contributed by atoms with Gasteiger partial charge in [0.15, 0.2) is 4.34 Å². The van der Waals surface area contributed by atoms with Crippen LogP contribution in [-0.4, -0.2) is 22.6 Å². The number of aromatic nitrogens is 1. The molecule has 3 aromatic carbocycles. The van der Waals surface area contributed by atoms with Crippen molar-refractivity contribution in [3.63, 3.8) is 0 Å². The lowest BCUT2D eigenvalue weighted by Crippen LogP contribution is -2.28. The molecule has 0 saturated carbocycles. The van der Waals surface area contributed by atoms with E-state index in [0.29, 0.717) is 17.0 Å². The Hall–Kier alpha value is -2.68. The van der Waals surface area contributed by atoms with Gasteiger partial charge in [0.25, 0.3) is 5.91 Å². The number of thioether (sulfide) groups is 1. The molecule has 1 atom stereocenters. The fraction of sp³-hybridized carbons (Fsp3) is 0.125. The first-order valence-electron chi connectivity index (χ1n) is 9.93. The third-order valence-corrected chi connectivity index (χ3v) is 7.60. The van der Waals surface area contributed by atoms with E-state index in [1.807, 2.05) is 73.7 Å². The maximum Gasteiger partial charge on any atom is 0.256 e. The maximum absolute atomic E-state index is 12.5. The largest absolute Gasteiger partial charge is 0.349 e. The van der Waals surface area contributed by atoms with Crippen LogP contribution in [0, 0.1) is 0 Å². The smallest absolute Gasteiger partial charge is 0.256 e. The summed E-state index contributed by atoms with van der Waals surface area (Å²) in [5.74, 6) is 0.0787. The Bertz CT molecular complexity index is 1260. The molecule has 2 amide bonds. The number of halogens is 1. The highest BCUT2D eigenvalue weighted by atomic mass is 79.9. The highest BCUT2D eigenvalue weighted by Gasteiger charge is 2.13. The van der Waals surface area contributed by atoms with Crippen LogP contribution < -0.4 is 10.6 Å². The van der Waals surface area contributed by atoms with Crippen molar-refractivity contribution in [1.29, 1.82) is 0 Å². The van der Waals surface area contributed by atoms with E-state index in [2.05, 4.69) is 31.5 Å². The SMILES string of the molecule is CC(NC(=O)CSc1nc2ccc(NC(=O)c3ccccc3Br)cc2s1)c1ccccc1. The Morgan fingerprint density at radius 1 is 1.06 bits per heavy atom. The Labute approximate surface area is 202 Å². The number of fused-ring (bicyclic) bond motifs is 1. The lowest BCUT2D eigenvalue weighted by molar-refractivity contribution is -0.119. The average Bonchev–Trinajstić information content (AvgIpc) is 3.21. The van der Waals surface area contributed by atoms with E-state index in [1.165, 1.54) is 23.1 Å². The number of carbonyl (C=O) groups excluding carboxylic acids is 2. The topological polar surface area (TPSA) is 71.1 Å². The molecule has 0 bridgehead atoms. The first kappa shape index (κ1) is 22.5. The van der Waals surface area contributed by atoms with E-state index < -0.39 is 0 Å².